The Labute approximate surface area is 561 Å². The average molecular weight is 1210 g/mol. The third kappa shape index (κ3) is 9.77. The van der Waals surface area contributed by atoms with Crippen LogP contribution in [0.1, 0.15) is 151 Å². The maximum atomic E-state index is 7.96. The van der Waals surface area contributed by atoms with Gasteiger partial charge in [-0.1, -0.05) is 183 Å². The molecule has 9 aromatic carbocycles. The topological polar surface area (TPSA) is 11.6 Å². The Morgan fingerprint density at radius 2 is 0.717 bits per heavy atom. The maximum Gasteiger partial charge on any atom is 0.213 e. The van der Waals surface area contributed by atoms with E-state index in [0.29, 0.717) is 16.7 Å². The summed E-state index contributed by atoms with van der Waals surface area (Å²) >= 11 is 0. The fourth-order valence-electron chi connectivity index (χ4n) is 15.8. The second kappa shape index (κ2) is 22.5. The first kappa shape index (κ1) is 51.8. The quantitative estimate of drug-likeness (QED) is 0.156. The van der Waals surface area contributed by atoms with Crippen molar-refractivity contribution >= 4 is 32.3 Å². The van der Waals surface area contributed by atoms with Gasteiger partial charge in [0, 0.05) is 63.6 Å². The first-order chi connectivity index (χ1) is 47.2. The van der Waals surface area contributed by atoms with Crippen LogP contribution in [-0.2, 0) is 55.6 Å². The summed E-state index contributed by atoms with van der Waals surface area (Å²) in [6.07, 6.45) is 7.33. The second-order valence-electron chi connectivity index (χ2n) is 29.0. The Bertz CT molecular complexity index is 5420. The van der Waals surface area contributed by atoms with Crippen LogP contribution in [0.4, 0.5) is 0 Å². The SMILES string of the molecule is [2H]C([2H])([2H])c1c[n+](C)c(-c2c(C)ccc3c2C(C)(C)C(C)(C)c2c-3ccc3ccccc23)cc1C.[2H]C([2H])([2H])c1c[n+](C)c(-c2c(C)ccc3c2CCc2c-3ccc3ccccc23)cc1C.[2H]C([2H])([2H])c1c[n+](C)c(-c2cc3c(cc2C)C(C)(C)C(C)(C)c2cc4ccccc4cc2-3)cc1C. The van der Waals surface area contributed by atoms with Gasteiger partial charge in [-0.2, -0.15) is 0 Å². The fraction of sp³-hybridized carbons (Fsp3) is 0.292. The lowest BCUT2D eigenvalue weighted by molar-refractivity contribution is -0.660. The van der Waals surface area contributed by atoms with E-state index in [1.165, 1.54) is 127 Å². The smallest absolute Gasteiger partial charge is 0.201 e. The van der Waals surface area contributed by atoms with E-state index in [4.69, 9.17) is 12.3 Å². The third-order valence-corrected chi connectivity index (χ3v) is 22.6. The van der Waals surface area contributed by atoms with Gasteiger partial charge < -0.3 is 0 Å². The van der Waals surface area contributed by atoms with Gasteiger partial charge in [-0.05, 0) is 236 Å². The zero-order chi connectivity index (χ0) is 72.9. The molecule has 92 heavy (non-hydrogen) atoms. The Balaban J connectivity index is 0.000000136. The summed E-state index contributed by atoms with van der Waals surface area (Å²) in [5, 5.41) is 7.74. The lowest BCUT2D eigenvalue weighted by atomic mass is 9.53. The Morgan fingerprint density at radius 1 is 0.304 bits per heavy atom. The van der Waals surface area contributed by atoms with Gasteiger partial charge in [0.05, 0.1) is 11.1 Å². The van der Waals surface area contributed by atoms with Gasteiger partial charge in [0.25, 0.3) is 0 Å². The van der Waals surface area contributed by atoms with Crippen molar-refractivity contribution in [2.24, 2.45) is 21.1 Å². The van der Waals surface area contributed by atoms with Crippen molar-refractivity contribution < 1.29 is 26.0 Å². The van der Waals surface area contributed by atoms with E-state index < -0.39 is 20.6 Å². The van der Waals surface area contributed by atoms with Crippen molar-refractivity contribution in [3.05, 3.63) is 266 Å². The van der Waals surface area contributed by atoms with Gasteiger partial charge in [-0.3, -0.25) is 0 Å². The van der Waals surface area contributed by atoms with Crippen molar-refractivity contribution in [1.29, 1.82) is 0 Å². The molecule has 3 nitrogen and oxygen atoms in total. The van der Waals surface area contributed by atoms with Crippen molar-refractivity contribution in [2.75, 3.05) is 0 Å². The fourth-order valence-corrected chi connectivity index (χ4v) is 15.8. The van der Waals surface area contributed by atoms with Crippen LogP contribution < -0.4 is 13.7 Å². The highest BCUT2D eigenvalue weighted by Crippen LogP contribution is 2.59. The van der Waals surface area contributed by atoms with E-state index in [0.717, 1.165) is 52.2 Å². The van der Waals surface area contributed by atoms with E-state index in [-0.39, 0.29) is 21.7 Å². The molecule has 12 aromatic rings. The molecule has 0 unspecified atom stereocenters. The number of aromatic nitrogens is 3. The summed E-state index contributed by atoms with van der Waals surface area (Å²) in [7, 11) is 5.86. The molecule has 0 aliphatic heterocycles. The molecule has 0 saturated carbocycles. The average Bonchev–Trinajstić information content (AvgIpc) is 0.698. The molecule has 3 aliphatic rings. The standard InChI is InChI=1S/2C31H34N.C27H26N/c1-19-14-29(32(8)18-21(19)3)24-17-26-25-15-22-11-9-10-12-23(22)16-28(25)31(6,7)30(4,5)27(26)13-20(24)2;1-19-13-15-25-24-16-14-22-11-9-10-12-23(22)28(24)30(4,5)31(6,7)29(25)27(19)26-17-20(2)21(3)18-32(26)8;1-17-9-11-24-23-12-10-20-7-5-6-8-21(20)22(23)13-14-25(24)27(17)26-15-18(2)19(3)16-28(26)4/h2*9-18H,1-8H3;5-12,15-16H,13-14H2,1-4H3/q3*+1/i3*3D3. The molecular weight excluding hydrogens is 1110 g/mol. The summed E-state index contributed by atoms with van der Waals surface area (Å²) in [6.45, 7) is 24.7. The van der Waals surface area contributed by atoms with Crippen LogP contribution in [0.2, 0.25) is 0 Å². The number of hydrogen-bond donors (Lipinski definition) is 0. The lowest BCUT2D eigenvalue weighted by Gasteiger charge is -2.49. The zero-order valence-electron chi connectivity index (χ0n) is 66.1. The Hall–Kier alpha value is -8.79. The molecule has 0 radical (unpaired) electrons. The monoisotopic (exact) mass is 1210 g/mol. The van der Waals surface area contributed by atoms with Gasteiger partial charge in [-0.25, -0.2) is 13.7 Å². The number of fused-ring (bicyclic) bond motifs is 14. The van der Waals surface area contributed by atoms with Crippen LogP contribution in [0.25, 0.3) is 99.5 Å². The molecule has 0 atom stereocenters. The van der Waals surface area contributed by atoms with Crippen molar-refractivity contribution in [1.82, 2.24) is 0 Å². The number of benzene rings is 9. The van der Waals surface area contributed by atoms with Crippen LogP contribution in [0.3, 0.4) is 0 Å². The molecule has 0 bridgehead atoms. The summed E-state index contributed by atoms with van der Waals surface area (Å²) < 4.78 is 77.1. The highest BCUT2D eigenvalue weighted by molar-refractivity contribution is 5.98. The molecule has 15 rings (SSSR count). The number of aryl methyl sites for hydroxylation is 13. The normalized spacial score (nSPS) is 16.9. The summed E-state index contributed by atoms with van der Waals surface area (Å²) in [4.78, 5) is 0. The Kier molecular flexibility index (Phi) is 12.7. The van der Waals surface area contributed by atoms with E-state index >= 15 is 0 Å². The van der Waals surface area contributed by atoms with E-state index in [2.05, 4.69) is 228 Å². The van der Waals surface area contributed by atoms with Gasteiger partial charge in [0.15, 0.2) is 18.6 Å². The highest BCUT2D eigenvalue weighted by Gasteiger charge is 2.50. The lowest BCUT2D eigenvalue weighted by Crippen LogP contribution is -2.45. The van der Waals surface area contributed by atoms with Crippen molar-refractivity contribution in [2.45, 2.75) is 152 Å². The first-order valence-corrected chi connectivity index (χ1v) is 32.8. The van der Waals surface area contributed by atoms with Crippen LogP contribution in [-0.4, -0.2) is 0 Å². The van der Waals surface area contributed by atoms with Gasteiger partial charge in [0.2, 0.25) is 17.1 Å². The largest absolute Gasteiger partial charge is 0.213 e. The van der Waals surface area contributed by atoms with Gasteiger partial charge in [0.1, 0.15) is 21.1 Å². The second-order valence-corrected chi connectivity index (χ2v) is 29.0. The molecule has 3 heterocycles. The Morgan fingerprint density at radius 3 is 1.32 bits per heavy atom. The minimum Gasteiger partial charge on any atom is -0.201 e. The van der Waals surface area contributed by atoms with Gasteiger partial charge >= 0.3 is 0 Å². The predicted molar refractivity (Wildman–Crippen MR) is 390 cm³/mol. The van der Waals surface area contributed by atoms with Crippen LogP contribution in [0.5, 0.6) is 0 Å². The van der Waals surface area contributed by atoms with Crippen LogP contribution in [0, 0.1) is 62.1 Å². The molecular formula is C89H94N3+3. The third-order valence-electron chi connectivity index (χ3n) is 22.6. The zero-order valence-corrected chi connectivity index (χ0v) is 57.1. The number of rotatable bonds is 3. The van der Waals surface area contributed by atoms with E-state index in [1.54, 1.807) is 18.6 Å². The summed E-state index contributed by atoms with van der Waals surface area (Å²) in [5.41, 5.74) is 29.6. The predicted octanol–water partition coefficient (Wildman–Crippen LogP) is 21.0. The molecule has 3 aliphatic carbocycles. The molecule has 3 heteroatoms. The minimum absolute atomic E-state index is 0.0457. The first-order valence-electron chi connectivity index (χ1n) is 37.3. The minimum atomic E-state index is -2.13. The maximum absolute atomic E-state index is 7.96. The van der Waals surface area contributed by atoms with Crippen LogP contribution >= 0.6 is 0 Å². The van der Waals surface area contributed by atoms with E-state index in [9.17, 15) is 0 Å². The molecule has 462 valence electrons. The highest BCUT2D eigenvalue weighted by atomic mass is 14.9. The molecule has 0 saturated heterocycles. The molecule has 0 N–H and O–H groups in total. The van der Waals surface area contributed by atoms with Crippen LogP contribution in [0.15, 0.2) is 182 Å². The summed E-state index contributed by atoms with van der Waals surface area (Å²) in [6, 6.07) is 59.4. The van der Waals surface area contributed by atoms with E-state index in [1.807, 2.05) is 67.7 Å². The molecule has 0 fully saturated rings. The molecule has 0 spiro atoms. The number of nitrogens with zero attached hydrogens (tertiary/aromatic N) is 3. The molecule has 0 amide bonds. The summed E-state index contributed by atoms with van der Waals surface area (Å²) in [5.74, 6) is 0. The van der Waals surface area contributed by atoms with Crippen molar-refractivity contribution in [3.63, 3.8) is 0 Å². The number of pyridine rings is 3. The van der Waals surface area contributed by atoms with Crippen molar-refractivity contribution in [3.8, 4) is 67.2 Å². The van der Waals surface area contributed by atoms with Gasteiger partial charge in [-0.15, -0.1) is 0 Å². The molecule has 3 aromatic heterocycles. The number of hydrogen-bond acceptors (Lipinski definition) is 0.